The standard InChI is InChI=1S/C14H18N2O.C13H14N2O3/c1-5-13-11(3)15-16(14(13)17-4)12-8-6-10(2)7-9-12;1-3-10-11(13(16)17)14-15(12(10)18-2)9-7-5-4-6-8-9/h6-9H,5H2,1-4H3;4-8H,3H2,1-2H3,(H,16,17). The Morgan fingerprint density at radius 2 is 1.31 bits per heavy atom. The minimum atomic E-state index is -1.04. The van der Waals surface area contributed by atoms with Gasteiger partial charge in [-0.3, -0.25) is 0 Å². The Morgan fingerprint density at radius 3 is 1.83 bits per heavy atom. The van der Waals surface area contributed by atoms with Crippen molar-refractivity contribution in [1.29, 1.82) is 0 Å². The molecule has 0 bridgehead atoms. The second kappa shape index (κ2) is 11.4. The van der Waals surface area contributed by atoms with Crippen molar-refractivity contribution in [1.82, 2.24) is 19.6 Å². The van der Waals surface area contributed by atoms with Gasteiger partial charge in [0.25, 0.3) is 0 Å². The molecule has 0 aliphatic carbocycles. The summed E-state index contributed by atoms with van der Waals surface area (Å²) in [5.74, 6) is 0.273. The smallest absolute Gasteiger partial charge is 0.356 e. The molecular weight excluding hydrogens is 444 g/mol. The fourth-order valence-corrected chi connectivity index (χ4v) is 3.90. The third-order valence-corrected chi connectivity index (χ3v) is 5.65. The Morgan fingerprint density at radius 1 is 0.800 bits per heavy atom. The van der Waals surface area contributed by atoms with E-state index in [4.69, 9.17) is 14.6 Å². The number of para-hydroxylation sites is 1. The van der Waals surface area contributed by atoms with Crippen molar-refractivity contribution >= 4 is 5.97 Å². The summed E-state index contributed by atoms with van der Waals surface area (Å²) in [7, 11) is 3.21. The van der Waals surface area contributed by atoms with Crippen molar-refractivity contribution in [3.8, 4) is 23.1 Å². The largest absolute Gasteiger partial charge is 0.481 e. The summed E-state index contributed by atoms with van der Waals surface area (Å²) >= 11 is 0. The zero-order chi connectivity index (χ0) is 25.5. The van der Waals surface area contributed by atoms with Crippen LogP contribution in [0, 0.1) is 13.8 Å². The van der Waals surface area contributed by atoms with Crippen LogP contribution in [-0.4, -0.2) is 44.9 Å². The van der Waals surface area contributed by atoms with Gasteiger partial charge in [0.05, 0.1) is 31.3 Å². The van der Waals surface area contributed by atoms with E-state index in [0.29, 0.717) is 17.9 Å². The normalized spacial score (nSPS) is 10.5. The maximum Gasteiger partial charge on any atom is 0.356 e. The highest BCUT2D eigenvalue weighted by Gasteiger charge is 2.22. The number of nitrogens with zero attached hydrogens (tertiary/aromatic N) is 4. The molecule has 0 fully saturated rings. The molecule has 0 atom stereocenters. The van der Waals surface area contributed by atoms with E-state index < -0.39 is 5.97 Å². The SMILES string of the molecule is CCc1c(C(=O)O)nn(-c2ccccc2)c1OC.CCc1c(C)nn(-c2ccc(C)cc2)c1OC. The fourth-order valence-electron chi connectivity index (χ4n) is 3.90. The van der Waals surface area contributed by atoms with E-state index in [1.54, 1.807) is 7.11 Å². The van der Waals surface area contributed by atoms with E-state index in [2.05, 4.69) is 48.3 Å². The van der Waals surface area contributed by atoms with Crippen LogP contribution in [0.1, 0.15) is 46.7 Å². The van der Waals surface area contributed by atoms with E-state index in [-0.39, 0.29) is 5.69 Å². The predicted molar refractivity (Wildman–Crippen MR) is 135 cm³/mol. The average molecular weight is 477 g/mol. The lowest BCUT2D eigenvalue weighted by Crippen LogP contribution is -2.02. The summed E-state index contributed by atoms with van der Waals surface area (Å²) < 4.78 is 14.1. The van der Waals surface area contributed by atoms with Crippen LogP contribution in [-0.2, 0) is 12.8 Å². The van der Waals surface area contributed by atoms with Gasteiger partial charge in [-0.1, -0.05) is 49.7 Å². The first-order valence-electron chi connectivity index (χ1n) is 11.5. The van der Waals surface area contributed by atoms with Crippen molar-refractivity contribution in [2.24, 2.45) is 0 Å². The van der Waals surface area contributed by atoms with E-state index in [1.807, 2.05) is 48.9 Å². The molecule has 4 aromatic rings. The molecule has 0 spiro atoms. The van der Waals surface area contributed by atoms with Gasteiger partial charge in [0.2, 0.25) is 11.8 Å². The van der Waals surface area contributed by atoms with Crippen LogP contribution in [0.5, 0.6) is 11.8 Å². The second-order valence-corrected chi connectivity index (χ2v) is 7.92. The highest BCUT2D eigenvalue weighted by atomic mass is 16.5. The van der Waals surface area contributed by atoms with Gasteiger partial charge >= 0.3 is 5.97 Å². The summed E-state index contributed by atoms with van der Waals surface area (Å²) in [6.45, 7) is 8.09. The minimum absolute atomic E-state index is 0.0400. The zero-order valence-electron chi connectivity index (χ0n) is 21.1. The van der Waals surface area contributed by atoms with Crippen LogP contribution in [0.25, 0.3) is 11.4 Å². The Hall–Kier alpha value is -4.07. The molecule has 1 N–H and O–H groups in total. The molecule has 0 amide bonds. The van der Waals surface area contributed by atoms with E-state index in [1.165, 1.54) is 22.9 Å². The molecule has 2 heterocycles. The number of carbonyl (C=O) groups is 1. The van der Waals surface area contributed by atoms with Crippen LogP contribution in [0.4, 0.5) is 0 Å². The van der Waals surface area contributed by atoms with Gasteiger partial charge in [0, 0.05) is 11.1 Å². The maximum atomic E-state index is 11.2. The van der Waals surface area contributed by atoms with Gasteiger partial charge in [0.15, 0.2) is 5.69 Å². The minimum Gasteiger partial charge on any atom is -0.481 e. The van der Waals surface area contributed by atoms with Gasteiger partial charge in [-0.15, -0.1) is 0 Å². The summed E-state index contributed by atoms with van der Waals surface area (Å²) in [6.07, 6.45) is 1.48. The van der Waals surface area contributed by atoms with Gasteiger partial charge in [-0.25, -0.2) is 9.48 Å². The number of aromatic carboxylic acids is 1. The maximum absolute atomic E-state index is 11.2. The summed E-state index contributed by atoms with van der Waals surface area (Å²) in [5.41, 5.74) is 5.91. The third kappa shape index (κ3) is 5.37. The molecular formula is C27H32N4O4. The number of rotatable bonds is 7. The lowest BCUT2D eigenvalue weighted by molar-refractivity contribution is 0.0688. The number of carboxylic acid groups (broad SMARTS) is 1. The molecule has 0 radical (unpaired) electrons. The lowest BCUT2D eigenvalue weighted by Gasteiger charge is -2.07. The molecule has 0 saturated carbocycles. The number of ether oxygens (including phenoxy) is 2. The Balaban J connectivity index is 0.000000196. The Kier molecular flexibility index (Phi) is 8.30. The van der Waals surface area contributed by atoms with Crippen LogP contribution in [0.3, 0.4) is 0 Å². The topological polar surface area (TPSA) is 91.4 Å². The van der Waals surface area contributed by atoms with Crippen molar-refractivity contribution in [2.75, 3.05) is 14.2 Å². The van der Waals surface area contributed by atoms with Crippen LogP contribution >= 0.6 is 0 Å². The first kappa shape index (κ1) is 25.6. The van der Waals surface area contributed by atoms with Crippen LogP contribution < -0.4 is 9.47 Å². The number of hydrogen-bond acceptors (Lipinski definition) is 5. The summed E-state index contributed by atoms with van der Waals surface area (Å²) in [4.78, 5) is 11.2. The van der Waals surface area contributed by atoms with Gasteiger partial charge in [0.1, 0.15) is 0 Å². The average Bonchev–Trinajstić information content (AvgIpc) is 3.42. The van der Waals surface area contributed by atoms with Crippen molar-refractivity contribution in [3.05, 3.63) is 82.7 Å². The van der Waals surface area contributed by atoms with Gasteiger partial charge < -0.3 is 14.6 Å². The predicted octanol–water partition coefficient (Wildman–Crippen LogP) is 5.20. The lowest BCUT2D eigenvalue weighted by atomic mass is 10.2. The second-order valence-electron chi connectivity index (χ2n) is 7.92. The quantitative estimate of drug-likeness (QED) is 0.394. The molecule has 2 aromatic carbocycles. The number of hydrogen-bond donors (Lipinski definition) is 1. The number of aromatic nitrogens is 4. The molecule has 184 valence electrons. The highest BCUT2D eigenvalue weighted by Crippen LogP contribution is 2.27. The molecule has 0 aliphatic heterocycles. The molecule has 8 heteroatoms. The molecule has 0 unspecified atom stereocenters. The Bertz CT molecular complexity index is 1280. The Labute approximate surface area is 205 Å². The number of aryl methyl sites for hydroxylation is 2. The van der Waals surface area contributed by atoms with E-state index in [9.17, 15) is 4.79 Å². The van der Waals surface area contributed by atoms with Gasteiger partial charge in [-0.05, 0) is 51.0 Å². The van der Waals surface area contributed by atoms with E-state index >= 15 is 0 Å². The zero-order valence-corrected chi connectivity index (χ0v) is 21.1. The van der Waals surface area contributed by atoms with Crippen molar-refractivity contribution < 1.29 is 19.4 Å². The van der Waals surface area contributed by atoms with Crippen molar-refractivity contribution in [3.63, 3.8) is 0 Å². The van der Waals surface area contributed by atoms with Gasteiger partial charge in [-0.2, -0.15) is 14.9 Å². The van der Waals surface area contributed by atoms with E-state index in [0.717, 1.165) is 29.4 Å². The van der Waals surface area contributed by atoms with Crippen LogP contribution in [0.2, 0.25) is 0 Å². The first-order valence-corrected chi connectivity index (χ1v) is 11.5. The number of methoxy groups -OCH3 is 2. The summed E-state index contributed by atoms with van der Waals surface area (Å²) in [5, 5.41) is 17.8. The van der Waals surface area contributed by atoms with Crippen LogP contribution in [0.15, 0.2) is 54.6 Å². The fraction of sp³-hybridized carbons (Fsp3) is 0.296. The molecule has 0 saturated heterocycles. The first-order chi connectivity index (χ1) is 16.9. The molecule has 4 rings (SSSR count). The van der Waals surface area contributed by atoms with Crippen molar-refractivity contribution in [2.45, 2.75) is 40.5 Å². The third-order valence-electron chi connectivity index (χ3n) is 5.65. The summed E-state index contributed by atoms with van der Waals surface area (Å²) in [6, 6.07) is 17.6. The molecule has 35 heavy (non-hydrogen) atoms. The molecule has 8 nitrogen and oxygen atoms in total. The number of benzene rings is 2. The monoisotopic (exact) mass is 476 g/mol. The number of carboxylic acids is 1. The highest BCUT2D eigenvalue weighted by molar-refractivity contribution is 5.88. The molecule has 2 aromatic heterocycles. The molecule has 0 aliphatic rings.